The summed E-state index contributed by atoms with van der Waals surface area (Å²) in [5.74, 6) is 2.58. The summed E-state index contributed by atoms with van der Waals surface area (Å²) in [6, 6.07) is 0. The molecular formula is C12H21N3O. The topological polar surface area (TPSA) is 44.4 Å². The molecule has 0 aliphatic carbocycles. The highest BCUT2D eigenvalue weighted by atomic mass is 16.2. The lowest BCUT2D eigenvalue weighted by Crippen LogP contribution is -2.60. The zero-order valence-corrected chi connectivity index (χ0v) is 10.2. The van der Waals surface area contributed by atoms with Gasteiger partial charge >= 0.3 is 0 Å². The van der Waals surface area contributed by atoms with Crippen LogP contribution in [0.15, 0.2) is 0 Å². The van der Waals surface area contributed by atoms with Gasteiger partial charge in [0.15, 0.2) is 0 Å². The smallest absolute Gasteiger partial charge is 0.239 e. The summed E-state index contributed by atoms with van der Waals surface area (Å²) in [4.78, 5) is 14.2. The van der Waals surface area contributed by atoms with Crippen molar-refractivity contribution in [2.75, 3.05) is 32.7 Å². The summed E-state index contributed by atoms with van der Waals surface area (Å²) in [5.41, 5.74) is -0.448. The normalized spacial score (nSPS) is 17.8. The number of rotatable bonds is 4. The highest BCUT2D eigenvalue weighted by Gasteiger charge is 2.34. The van der Waals surface area contributed by atoms with E-state index in [0.29, 0.717) is 13.0 Å². The lowest BCUT2D eigenvalue weighted by molar-refractivity contribution is -0.132. The molecule has 0 spiro atoms. The van der Waals surface area contributed by atoms with Gasteiger partial charge in [-0.05, 0) is 13.8 Å². The Hall–Kier alpha value is -1.05. The van der Waals surface area contributed by atoms with Crippen molar-refractivity contribution >= 4 is 5.91 Å². The molecule has 0 atom stereocenters. The third-order valence-corrected chi connectivity index (χ3v) is 3.02. The van der Waals surface area contributed by atoms with Crippen molar-refractivity contribution in [1.29, 1.82) is 0 Å². The first-order valence-corrected chi connectivity index (χ1v) is 5.76. The van der Waals surface area contributed by atoms with E-state index in [-0.39, 0.29) is 5.91 Å². The minimum Gasteiger partial charge on any atom is -0.354 e. The number of piperazine rings is 1. The van der Waals surface area contributed by atoms with Crippen molar-refractivity contribution in [2.24, 2.45) is 0 Å². The fraction of sp³-hybridized carbons (Fsp3) is 0.750. The van der Waals surface area contributed by atoms with Crippen molar-refractivity contribution in [1.82, 2.24) is 15.5 Å². The van der Waals surface area contributed by atoms with Crippen LogP contribution in [0.1, 0.15) is 20.3 Å². The fourth-order valence-electron chi connectivity index (χ4n) is 1.83. The number of hydrogen-bond acceptors (Lipinski definition) is 3. The average Bonchev–Trinajstić information content (AvgIpc) is 2.30. The van der Waals surface area contributed by atoms with Crippen LogP contribution in [0.3, 0.4) is 0 Å². The molecule has 0 unspecified atom stereocenters. The van der Waals surface area contributed by atoms with E-state index < -0.39 is 5.54 Å². The Labute approximate surface area is 97.8 Å². The molecule has 1 rings (SSSR count). The van der Waals surface area contributed by atoms with Crippen LogP contribution in [0, 0.1) is 12.3 Å². The Morgan fingerprint density at radius 2 is 2.12 bits per heavy atom. The van der Waals surface area contributed by atoms with E-state index in [0.717, 1.165) is 26.2 Å². The molecule has 1 heterocycles. The summed E-state index contributed by atoms with van der Waals surface area (Å²) in [6.07, 6.45) is 5.73. The summed E-state index contributed by atoms with van der Waals surface area (Å²) in [6.45, 7) is 8.20. The lowest BCUT2D eigenvalue weighted by atomic mass is 10.0. The second kappa shape index (κ2) is 5.88. The van der Waals surface area contributed by atoms with E-state index in [9.17, 15) is 4.79 Å². The summed E-state index contributed by atoms with van der Waals surface area (Å²) >= 11 is 0. The lowest BCUT2D eigenvalue weighted by Gasteiger charge is -2.39. The largest absolute Gasteiger partial charge is 0.354 e. The number of terminal acetylenes is 1. The summed E-state index contributed by atoms with van der Waals surface area (Å²) in [5, 5.41) is 6.16. The Balaban J connectivity index is 2.47. The maximum absolute atomic E-state index is 12.0. The molecule has 2 N–H and O–H groups in total. The van der Waals surface area contributed by atoms with Crippen LogP contribution in [-0.2, 0) is 4.79 Å². The second-order valence-corrected chi connectivity index (χ2v) is 4.51. The predicted octanol–water partition coefficient (Wildman–Crippen LogP) is -0.190. The molecule has 1 aliphatic heterocycles. The Morgan fingerprint density at radius 1 is 1.50 bits per heavy atom. The van der Waals surface area contributed by atoms with Gasteiger partial charge in [0.05, 0.1) is 5.54 Å². The van der Waals surface area contributed by atoms with E-state index in [1.807, 2.05) is 13.8 Å². The van der Waals surface area contributed by atoms with E-state index >= 15 is 0 Å². The number of hydrogen-bond donors (Lipinski definition) is 2. The Bertz CT molecular complexity index is 274. The molecule has 16 heavy (non-hydrogen) atoms. The van der Waals surface area contributed by atoms with Gasteiger partial charge in [-0.3, -0.25) is 9.69 Å². The first kappa shape index (κ1) is 13.0. The van der Waals surface area contributed by atoms with Crippen molar-refractivity contribution in [3.8, 4) is 12.3 Å². The third kappa shape index (κ3) is 3.22. The van der Waals surface area contributed by atoms with Gasteiger partial charge in [0.1, 0.15) is 0 Å². The molecule has 4 heteroatoms. The van der Waals surface area contributed by atoms with Crippen LogP contribution in [0.25, 0.3) is 0 Å². The van der Waals surface area contributed by atoms with Crippen molar-refractivity contribution in [3.05, 3.63) is 0 Å². The zero-order valence-electron chi connectivity index (χ0n) is 10.2. The molecule has 0 saturated carbocycles. The van der Waals surface area contributed by atoms with E-state index in [4.69, 9.17) is 6.42 Å². The molecule has 0 radical (unpaired) electrons. The van der Waals surface area contributed by atoms with E-state index in [1.54, 1.807) is 0 Å². The van der Waals surface area contributed by atoms with Crippen molar-refractivity contribution in [3.63, 3.8) is 0 Å². The predicted molar refractivity (Wildman–Crippen MR) is 65.0 cm³/mol. The maximum atomic E-state index is 12.0. The molecule has 1 amide bonds. The van der Waals surface area contributed by atoms with Gasteiger partial charge in [-0.1, -0.05) is 0 Å². The van der Waals surface area contributed by atoms with Crippen molar-refractivity contribution in [2.45, 2.75) is 25.8 Å². The highest BCUT2D eigenvalue weighted by molar-refractivity contribution is 5.85. The number of carbonyl (C=O) groups is 1. The third-order valence-electron chi connectivity index (χ3n) is 3.02. The monoisotopic (exact) mass is 223 g/mol. The van der Waals surface area contributed by atoms with Gasteiger partial charge in [0.2, 0.25) is 5.91 Å². The number of amides is 1. The molecule has 4 nitrogen and oxygen atoms in total. The van der Waals surface area contributed by atoms with Gasteiger partial charge in [0.25, 0.3) is 0 Å². The number of nitrogens with zero attached hydrogens (tertiary/aromatic N) is 1. The van der Waals surface area contributed by atoms with Crippen LogP contribution in [-0.4, -0.2) is 49.1 Å². The van der Waals surface area contributed by atoms with Crippen LogP contribution < -0.4 is 10.6 Å². The van der Waals surface area contributed by atoms with Crippen molar-refractivity contribution < 1.29 is 4.79 Å². The van der Waals surface area contributed by atoms with Crippen LogP contribution in [0.4, 0.5) is 0 Å². The fourth-order valence-corrected chi connectivity index (χ4v) is 1.83. The maximum Gasteiger partial charge on any atom is 0.239 e. The molecule has 0 aromatic rings. The molecule has 1 saturated heterocycles. The summed E-state index contributed by atoms with van der Waals surface area (Å²) in [7, 11) is 0. The van der Waals surface area contributed by atoms with E-state index in [1.165, 1.54) is 0 Å². The first-order valence-electron chi connectivity index (χ1n) is 5.76. The molecule has 0 bridgehead atoms. The Morgan fingerprint density at radius 3 is 2.69 bits per heavy atom. The highest BCUT2D eigenvalue weighted by Crippen LogP contribution is 2.14. The standard InChI is InChI=1S/C12H21N3O/c1-4-5-6-14-11(16)12(2,3)15-9-7-13-8-10-15/h1,13H,5-10H2,2-3H3,(H,14,16). The minimum absolute atomic E-state index is 0.0599. The quantitative estimate of drug-likeness (QED) is 0.513. The number of carbonyl (C=O) groups excluding carboxylic acids is 1. The average molecular weight is 223 g/mol. The first-order chi connectivity index (χ1) is 7.59. The molecule has 90 valence electrons. The van der Waals surface area contributed by atoms with Gasteiger partial charge in [-0.15, -0.1) is 12.3 Å². The molecule has 0 aromatic heterocycles. The molecular weight excluding hydrogens is 202 g/mol. The van der Waals surface area contributed by atoms with E-state index in [2.05, 4.69) is 21.5 Å². The van der Waals surface area contributed by atoms with Crippen LogP contribution in [0.5, 0.6) is 0 Å². The Kier molecular flexibility index (Phi) is 4.78. The minimum atomic E-state index is -0.448. The van der Waals surface area contributed by atoms with Crippen LogP contribution in [0.2, 0.25) is 0 Å². The summed E-state index contributed by atoms with van der Waals surface area (Å²) < 4.78 is 0. The number of nitrogens with one attached hydrogen (secondary N) is 2. The molecule has 0 aromatic carbocycles. The van der Waals surface area contributed by atoms with Gasteiger partial charge in [-0.25, -0.2) is 0 Å². The molecule has 1 aliphatic rings. The van der Waals surface area contributed by atoms with Gasteiger partial charge in [0, 0.05) is 39.1 Å². The SMILES string of the molecule is C#CCCNC(=O)C(C)(C)N1CCNCC1. The van der Waals surface area contributed by atoms with Crippen LogP contribution >= 0.6 is 0 Å². The zero-order chi connectivity index (χ0) is 12.0. The van der Waals surface area contributed by atoms with Gasteiger partial charge < -0.3 is 10.6 Å². The van der Waals surface area contributed by atoms with Gasteiger partial charge in [-0.2, -0.15) is 0 Å². The molecule has 1 fully saturated rings. The second-order valence-electron chi connectivity index (χ2n) is 4.51.